The highest BCUT2D eigenvalue weighted by Crippen LogP contribution is 2.26. The maximum Gasteiger partial charge on any atom is 0.410 e. The van der Waals surface area contributed by atoms with E-state index in [0.29, 0.717) is 19.0 Å². The molecule has 0 spiro atoms. The van der Waals surface area contributed by atoms with Crippen molar-refractivity contribution in [2.24, 2.45) is 5.92 Å². The van der Waals surface area contributed by atoms with Crippen LogP contribution in [-0.2, 0) is 11.3 Å². The van der Waals surface area contributed by atoms with E-state index in [4.69, 9.17) is 9.47 Å². The molecule has 2 saturated heterocycles. The molecule has 2 aliphatic rings. The number of piperidine rings is 1. The fourth-order valence-electron chi connectivity index (χ4n) is 3.14. The van der Waals surface area contributed by atoms with Crippen LogP contribution in [0.15, 0.2) is 24.3 Å². The Morgan fingerprint density at radius 3 is 3.05 bits per heavy atom. The van der Waals surface area contributed by atoms with Crippen molar-refractivity contribution in [2.75, 3.05) is 26.7 Å². The van der Waals surface area contributed by atoms with Crippen LogP contribution in [0.3, 0.4) is 0 Å². The predicted octanol–water partition coefficient (Wildman–Crippen LogP) is 2.02. The number of benzene rings is 1. The standard InChI is InChI=1S/C16H22N2O3/c1-20-14-7-3-2-5-13(14)10-18-11-15(21-16(18)19)12-6-4-8-17-9-12/h2-3,5,7,12,15,17H,4,6,8-11H2,1H3. The summed E-state index contributed by atoms with van der Waals surface area (Å²) in [5.74, 6) is 1.25. The maximum atomic E-state index is 12.1. The molecule has 1 N–H and O–H groups in total. The Balaban J connectivity index is 1.65. The number of ether oxygens (including phenoxy) is 2. The van der Waals surface area contributed by atoms with Gasteiger partial charge in [0, 0.05) is 18.0 Å². The molecule has 5 nitrogen and oxygen atoms in total. The highest BCUT2D eigenvalue weighted by Gasteiger charge is 2.37. The first kappa shape index (κ1) is 14.2. The van der Waals surface area contributed by atoms with E-state index >= 15 is 0 Å². The summed E-state index contributed by atoms with van der Waals surface area (Å²) in [6.07, 6.45) is 2.09. The van der Waals surface area contributed by atoms with Crippen molar-refractivity contribution in [1.82, 2.24) is 10.2 Å². The van der Waals surface area contributed by atoms with Crippen LogP contribution in [0, 0.1) is 5.92 Å². The van der Waals surface area contributed by atoms with E-state index in [1.807, 2.05) is 24.3 Å². The summed E-state index contributed by atoms with van der Waals surface area (Å²) in [7, 11) is 1.65. The lowest BCUT2D eigenvalue weighted by Crippen LogP contribution is -2.38. The molecule has 2 heterocycles. The zero-order valence-corrected chi connectivity index (χ0v) is 12.4. The van der Waals surface area contributed by atoms with Crippen LogP contribution in [0.2, 0.25) is 0 Å². The zero-order chi connectivity index (χ0) is 14.7. The van der Waals surface area contributed by atoms with Gasteiger partial charge in [-0.15, -0.1) is 0 Å². The molecule has 114 valence electrons. The quantitative estimate of drug-likeness (QED) is 0.921. The van der Waals surface area contributed by atoms with Crippen molar-refractivity contribution in [1.29, 1.82) is 0 Å². The molecule has 1 aromatic carbocycles. The topological polar surface area (TPSA) is 50.8 Å². The molecule has 0 radical (unpaired) electrons. The second kappa shape index (κ2) is 6.35. The van der Waals surface area contributed by atoms with Gasteiger partial charge in [0.1, 0.15) is 11.9 Å². The van der Waals surface area contributed by atoms with Gasteiger partial charge in [-0.2, -0.15) is 0 Å². The summed E-state index contributed by atoms with van der Waals surface area (Å²) in [4.78, 5) is 13.8. The number of carbonyl (C=O) groups excluding carboxylic acids is 1. The molecule has 2 fully saturated rings. The number of amides is 1. The number of rotatable bonds is 4. The van der Waals surface area contributed by atoms with Crippen LogP contribution in [0.4, 0.5) is 4.79 Å². The average molecular weight is 290 g/mol. The third-order valence-electron chi connectivity index (χ3n) is 4.33. The first-order valence-electron chi connectivity index (χ1n) is 7.56. The number of para-hydroxylation sites is 1. The number of carbonyl (C=O) groups is 1. The predicted molar refractivity (Wildman–Crippen MR) is 79.3 cm³/mol. The summed E-state index contributed by atoms with van der Waals surface area (Å²) in [5, 5.41) is 3.38. The number of nitrogens with zero attached hydrogens (tertiary/aromatic N) is 1. The molecule has 1 aromatic rings. The van der Waals surface area contributed by atoms with Gasteiger partial charge >= 0.3 is 6.09 Å². The van der Waals surface area contributed by atoms with Gasteiger partial charge in [0.05, 0.1) is 20.2 Å². The first-order valence-corrected chi connectivity index (χ1v) is 7.56. The van der Waals surface area contributed by atoms with Crippen LogP contribution in [-0.4, -0.2) is 43.8 Å². The van der Waals surface area contributed by atoms with Gasteiger partial charge in [-0.05, 0) is 25.5 Å². The zero-order valence-electron chi connectivity index (χ0n) is 12.4. The fraction of sp³-hybridized carbons (Fsp3) is 0.562. The maximum absolute atomic E-state index is 12.1. The summed E-state index contributed by atoms with van der Waals surface area (Å²) in [6.45, 7) is 3.23. The van der Waals surface area contributed by atoms with Crippen LogP contribution < -0.4 is 10.1 Å². The Hall–Kier alpha value is -1.75. The minimum absolute atomic E-state index is 0.0139. The number of hydrogen-bond acceptors (Lipinski definition) is 4. The normalized spacial score (nSPS) is 25.8. The molecule has 3 rings (SSSR count). The number of cyclic esters (lactones) is 1. The van der Waals surface area contributed by atoms with E-state index in [2.05, 4.69) is 5.32 Å². The lowest BCUT2D eigenvalue weighted by molar-refractivity contribution is 0.0926. The molecule has 0 aromatic heterocycles. The first-order chi connectivity index (χ1) is 10.3. The SMILES string of the molecule is COc1ccccc1CN1CC(C2CCCNC2)OC1=O. The van der Waals surface area contributed by atoms with Gasteiger partial charge in [0.15, 0.2) is 0 Å². The van der Waals surface area contributed by atoms with Gasteiger partial charge < -0.3 is 19.7 Å². The molecule has 0 bridgehead atoms. The van der Waals surface area contributed by atoms with Crippen LogP contribution in [0.5, 0.6) is 5.75 Å². The van der Waals surface area contributed by atoms with Gasteiger partial charge in [-0.3, -0.25) is 0 Å². The Labute approximate surface area is 125 Å². The third-order valence-corrected chi connectivity index (χ3v) is 4.33. The van der Waals surface area contributed by atoms with Gasteiger partial charge in [0.2, 0.25) is 0 Å². The molecule has 0 saturated carbocycles. The Kier molecular flexibility index (Phi) is 4.29. The molecule has 2 unspecified atom stereocenters. The molecule has 1 amide bonds. The van der Waals surface area contributed by atoms with Crippen LogP contribution >= 0.6 is 0 Å². The monoisotopic (exact) mass is 290 g/mol. The number of hydrogen-bond donors (Lipinski definition) is 1. The van der Waals surface area contributed by atoms with Crippen molar-refractivity contribution in [3.8, 4) is 5.75 Å². The summed E-state index contributed by atoms with van der Waals surface area (Å²) in [6, 6.07) is 7.80. The number of methoxy groups -OCH3 is 1. The van der Waals surface area contributed by atoms with E-state index in [1.54, 1.807) is 12.0 Å². The smallest absolute Gasteiger partial charge is 0.410 e. The molecular weight excluding hydrogens is 268 g/mol. The highest BCUT2D eigenvalue weighted by atomic mass is 16.6. The van der Waals surface area contributed by atoms with E-state index in [1.165, 1.54) is 0 Å². The van der Waals surface area contributed by atoms with E-state index in [-0.39, 0.29) is 12.2 Å². The lowest BCUT2D eigenvalue weighted by atomic mass is 9.94. The second-order valence-electron chi connectivity index (χ2n) is 5.72. The number of nitrogens with one attached hydrogen (secondary N) is 1. The summed E-state index contributed by atoms with van der Waals surface area (Å²) < 4.78 is 10.9. The Morgan fingerprint density at radius 2 is 2.29 bits per heavy atom. The van der Waals surface area contributed by atoms with Crippen molar-refractivity contribution in [3.05, 3.63) is 29.8 Å². The molecule has 0 aliphatic carbocycles. The minimum atomic E-state index is -0.212. The molecule has 2 aliphatic heterocycles. The van der Waals surface area contributed by atoms with E-state index in [0.717, 1.165) is 37.2 Å². The van der Waals surface area contributed by atoms with Crippen molar-refractivity contribution in [2.45, 2.75) is 25.5 Å². The van der Waals surface area contributed by atoms with E-state index < -0.39 is 0 Å². The Bertz CT molecular complexity index is 500. The average Bonchev–Trinajstić information content (AvgIpc) is 2.90. The van der Waals surface area contributed by atoms with Gasteiger partial charge in [-0.1, -0.05) is 18.2 Å². The minimum Gasteiger partial charge on any atom is -0.496 e. The summed E-state index contributed by atoms with van der Waals surface area (Å²) in [5.41, 5.74) is 1.01. The third kappa shape index (κ3) is 3.13. The molecular formula is C16H22N2O3. The molecule has 2 atom stereocenters. The van der Waals surface area contributed by atoms with Crippen molar-refractivity contribution < 1.29 is 14.3 Å². The van der Waals surface area contributed by atoms with Gasteiger partial charge in [0.25, 0.3) is 0 Å². The van der Waals surface area contributed by atoms with Crippen LogP contribution in [0.1, 0.15) is 18.4 Å². The molecule has 21 heavy (non-hydrogen) atoms. The highest BCUT2D eigenvalue weighted by molar-refractivity contribution is 5.70. The van der Waals surface area contributed by atoms with Crippen molar-refractivity contribution in [3.63, 3.8) is 0 Å². The van der Waals surface area contributed by atoms with Crippen LogP contribution in [0.25, 0.3) is 0 Å². The summed E-state index contributed by atoms with van der Waals surface area (Å²) >= 11 is 0. The Morgan fingerprint density at radius 1 is 1.43 bits per heavy atom. The largest absolute Gasteiger partial charge is 0.496 e. The second-order valence-corrected chi connectivity index (χ2v) is 5.72. The lowest BCUT2D eigenvalue weighted by Gasteiger charge is -2.26. The van der Waals surface area contributed by atoms with Gasteiger partial charge in [-0.25, -0.2) is 4.79 Å². The van der Waals surface area contributed by atoms with E-state index in [9.17, 15) is 4.79 Å². The molecule has 5 heteroatoms. The van der Waals surface area contributed by atoms with Crippen molar-refractivity contribution >= 4 is 6.09 Å². The fourth-order valence-corrected chi connectivity index (χ4v) is 3.14.